The first-order valence-electron chi connectivity index (χ1n) is 4.67. The van der Waals surface area contributed by atoms with Gasteiger partial charge in [0.1, 0.15) is 0 Å². The molecule has 0 aromatic heterocycles. The molecule has 1 saturated carbocycles. The van der Waals surface area contributed by atoms with Crippen LogP contribution in [0.2, 0.25) is 0 Å². The van der Waals surface area contributed by atoms with Gasteiger partial charge in [0.2, 0.25) is 0 Å². The lowest BCUT2D eigenvalue weighted by atomic mass is 9.83. The SMILES string of the molecule is CCC1(OCN)CCCCC1. The lowest BCUT2D eigenvalue weighted by molar-refractivity contribution is -0.0700. The molecular weight excluding hydrogens is 138 g/mol. The first-order chi connectivity index (χ1) is 5.33. The van der Waals surface area contributed by atoms with Gasteiger partial charge in [-0.05, 0) is 19.3 Å². The molecule has 0 aliphatic heterocycles. The molecule has 0 atom stereocenters. The summed E-state index contributed by atoms with van der Waals surface area (Å²) in [5.74, 6) is 0. The van der Waals surface area contributed by atoms with Crippen molar-refractivity contribution in [3.05, 3.63) is 0 Å². The Morgan fingerprint density at radius 3 is 2.36 bits per heavy atom. The number of ether oxygens (including phenoxy) is 1. The van der Waals surface area contributed by atoms with E-state index in [4.69, 9.17) is 10.5 Å². The van der Waals surface area contributed by atoms with Gasteiger partial charge < -0.3 is 10.5 Å². The van der Waals surface area contributed by atoms with E-state index in [1.807, 2.05) is 0 Å². The zero-order valence-electron chi connectivity index (χ0n) is 7.44. The van der Waals surface area contributed by atoms with Crippen molar-refractivity contribution >= 4 is 0 Å². The van der Waals surface area contributed by atoms with Gasteiger partial charge in [-0.15, -0.1) is 0 Å². The van der Waals surface area contributed by atoms with Crippen LogP contribution in [0, 0.1) is 0 Å². The van der Waals surface area contributed by atoms with Gasteiger partial charge in [-0.3, -0.25) is 0 Å². The van der Waals surface area contributed by atoms with Gasteiger partial charge >= 0.3 is 0 Å². The van der Waals surface area contributed by atoms with E-state index in [9.17, 15) is 0 Å². The summed E-state index contributed by atoms with van der Waals surface area (Å²) in [5, 5.41) is 0. The van der Waals surface area contributed by atoms with E-state index in [1.54, 1.807) is 0 Å². The van der Waals surface area contributed by atoms with Gasteiger partial charge in [-0.1, -0.05) is 26.2 Å². The van der Waals surface area contributed by atoms with Crippen LogP contribution in [0.4, 0.5) is 0 Å². The topological polar surface area (TPSA) is 35.2 Å². The van der Waals surface area contributed by atoms with Crippen LogP contribution in [0.3, 0.4) is 0 Å². The smallest absolute Gasteiger partial charge is 0.0947 e. The third kappa shape index (κ3) is 2.17. The minimum Gasteiger partial charge on any atom is -0.360 e. The van der Waals surface area contributed by atoms with Crippen molar-refractivity contribution in [2.75, 3.05) is 6.73 Å². The molecule has 0 radical (unpaired) electrons. The normalized spacial score (nSPS) is 23.5. The summed E-state index contributed by atoms with van der Waals surface area (Å²) in [4.78, 5) is 0. The minimum absolute atomic E-state index is 0.146. The van der Waals surface area contributed by atoms with E-state index < -0.39 is 0 Å². The largest absolute Gasteiger partial charge is 0.360 e. The van der Waals surface area contributed by atoms with Crippen LogP contribution >= 0.6 is 0 Å². The third-order valence-corrected chi connectivity index (χ3v) is 2.80. The molecule has 0 bridgehead atoms. The maximum Gasteiger partial charge on any atom is 0.0947 e. The van der Waals surface area contributed by atoms with E-state index >= 15 is 0 Å². The Balaban J connectivity index is 2.42. The second kappa shape index (κ2) is 4.07. The summed E-state index contributed by atoms with van der Waals surface area (Å²) in [6.45, 7) is 2.58. The van der Waals surface area contributed by atoms with Crippen molar-refractivity contribution in [3.8, 4) is 0 Å². The molecule has 2 nitrogen and oxygen atoms in total. The van der Waals surface area contributed by atoms with Crippen LogP contribution in [0.1, 0.15) is 45.4 Å². The number of nitrogens with two attached hydrogens (primary N) is 1. The Morgan fingerprint density at radius 1 is 1.27 bits per heavy atom. The van der Waals surface area contributed by atoms with Crippen molar-refractivity contribution < 1.29 is 4.74 Å². The fraction of sp³-hybridized carbons (Fsp3) is 1.00. The maximum absolute atomic E-state index is 5.60. The highest BCUT2D eigenvalue weighted by Gasteiger charge is 2.30. The molecule has 0 heterocycles. The van der Waals surface area contributed by atoms with Gasteiger partial charge in [-0.2, -0.15) is 0 Å². The Kier molecular flexibility index (Phi) is 3.34. The van der Waals surface area contributed by atoms with E-state index in [0.29, 0.717) is 6.73 Å². The highest BCUT2D eigenvalue weighted by Crippen LogP contribution is 2.33. The summed E-state index contributed by atoms with van der Waals surface area (Å²) in [6.07, 6.45) is 7.53. The molecule has 1 fully saturated rings. The van der Waals surface area contributed by atoms with Gasteiger partial charge in [0.05, 0.1) is 12.3 Å². The van der Waals surface area contributed by atoms with E-state index in [1.165, 1.54) is 32.1 Å². The van der Waals surface area contributed by atoms with Crippen LogP contribution in [0.15, 0.2) is 0 Å². The molecule has 1 rings (SSSR count). The van der Waals surface area contributed by atoms with Crippen molar-refractivity contribution in [1.29, 1.82) is 0 Å². The van der Waals surface area contributed by atoms with E-state index in [2.05, 4.69) is 6.92 Å². The van der Waals surface area contributed by atoms with Gasteiger partial charge in [-0.25, -0.2) is 0 Å². The molecule has 0 saturated heterocycles. The molecule has 1 aliphatic carbocycles. The summed E-state index contributed by atoms with van der Waals surface area (Å²) < 4.78 is 5.60. The van der Waals surface area contributed by atoms with Gasteiger partial charge in [0, 0.05) is 0 Å². The number of rotatable bonds is 3. The monoisotopic (exact) mass is 157 g/mol. The minimum atomic E-state index is 0.146. The van der Waals surface area contributed by atoms with Gasteiger partial charge in [0.25, 0.3) is 0 Å². The zero-order chi connectivity index (χ0) is 8.16. The van der Waals surface area contributed by atoms with Crippen LogP contribution in [-0.2, 0) is 4.74 Å². The Hall–Kier alpha value is -0.0800. The molecule has 1 aliphatic rings. The molecular formula is C9H19NO. The van der Waals surface area contributed by atoms with Crippen molar-refractivity contribution in [2.24, 2.45) is 5.73 Å². The predicted molar refractivity (Wildman–Crippen MR) is 46.2 cm³/mol. The fourth-order valence-electron chi connectivity index (χ4n) is 1.97. The molecule has 0 amide bonds. The van der Waals surface area contributed by atoms with Crippen LogP contribution < -0.4 is 5.73 Å². The first kappa shape index (κ1) is 9.01. The molecule has 2 heteroatoms. The molecule has 11 heavy (non-hydrogen) atoms. The molecule has 2 N–H and O–H groups in total. The summed E-state index contributed by atoms with van der Waals surface area (Å²) in [6, 6.07) is 0. The number of hydrogen-bond donors (Lipinski definition) is 1. The number of hydrogen-bond acceptors (Lipinski definition) is 2. The highest BCUT2D eigenvalue weighted by atomic mass is 16.5. The van der Waals surface area contributed by atoms with Crippen LogP contribution in [0.25, 0.3) is 0 Å². The maximum atomic E-state index is 5.60. The zero-order valence-corrected chi connectivity index (χ0v) is 7.44. The molecule has 0 aromatic carbocycles. The first-order valence-corrected chi connectivity index (χ1v) is 4.67. The van der Waals surface area contributed by atoms with Crippen molar-refractivity contribution in [3.63, 3.8) is 0 Å². The summed E-state index contributed by atoms with van der Waals surface area (Å²) in [7, 11) is 0. The Morgan fingerprint density at radius 2 is 1.91 bits per heavy atom. The lowest BCUT2D eigenvalue weighted by Crippen LogP contribution is -2.36. The van der Waals surface area contributed by atoms with E-state index in [0.717, 1.165) is 6.42 Å². The summed E-state index contributed by atoms with van der Waals surface area (Å²) in [5.41, 5.74) is 5.54. The molecule has 0 unspecified atom stereocenters. The quantitative estimate of drug-likeness (QED) is 0.636. The summed E-state index contributed by atoms with van der Waals surface area (Å²) >= 11 is 0. The van der Waals surface area contributed by atoms with Crippen LogP contribution in [-0.4, -0.2) is 12.3 Å². The Bertz CT molecular complexity index is 103. The van der Waals surface area contributed by atoms with Gasteiger partial charge in [0.15, 0.2) is 0 Å². The fourth-order valence-corrected chi connectivity index (χ4v) is 1.97. The lowest BCUT2D eigenvalue weighted by Gasteiger charge is -2.35. The molecule has 66 valence electrons. The van der Waals surface area contributed by atoms with Crippen molar-refractivity contribution in [1.82, 2.24) is 0 Å². The highest BCUT2D eigenvalue weighted by molar-refractivity contribution is 4.82. The Labute approximate surface area is 69.1 Å². The van der Waals surface area contributed by atoms with Crippen molar-refractivity contribution in [2.45, 2.75) is 51.0 Å². The second-order valence-corrected chi connectivity index (χ2v) is 3.41. The predicted octanol–water partition coefficient (Wildman–Crippen LogP) is 2.03. The third-order valence-electron chi connectivity index (χ3n) is 2.80. The average molecular weight is 157 g/mol. The average Bonchev–Trinajstić information content (AvgIpc) is 2.07. The molecule has 0 spiro atoms. The van der Waals surface area contributed by atoms with E-state index in [-0.39, 0.29) is 5.60 Å². The van der Waals surface area contributed by atoms with Crippen LogP contribution in [0.5, 0.6) is 0 Å². The standard InChI is InChI=1S/C9H19NO/c1-2-9(11-8-10)6-4-3-5-7-9/h2-8,10H2,1H3. The second-order valence-electron chi connectivity index (χ2n) is 3.41. The molecule has 0 aromatic rings.